The predicted octanol–water partition coefficient (Wildman–Crippen LogP) is 6.79. The molecule has 0 aliphatic carbocycles. The minimum atomic E-state index is -4.96. The van der Waals surface area contributed by atoms with E-state index in [1.54, 1.807) is 13.0 Å². The molecule has 3 amide bonds. The molecule has 2 aliphatic rings. The number of nitrogens with zero attached hydrogens (tertiary/aromatic N) is 3. The summed E-state index contributed by atoms with van der Waals surface area (Å²) in [6.07, 6.45) is -3.22. The van der Waals surface area contributed by atoms with Crippen LogP contribution in [0.1, 0.15) is 59.1 Å². The first kappa shape index (κ1) is 39.8. The summed E-state index contributed by atoms with van der Waals surface area (Å²) in [5, 5.41) is 0. The fourth-order valence-corrected chi connectivity index (χ4v) is 9.42. The van der Waals surface area contributed by atoms with Crippen LogP contribution in [0.15, 0.2) is 57.3 Å². The Kier molecular flexibility index (Phi) is 11.6. The van der Waals surface area contributed by atoms with Crippen LogP contribution in [-0.2, 0) is 38.8 Å². The van der Waals surface area contributed by atoms with Crippen LogP contribution in [0, 0.1) is 0 Å². The molecule has 3 aromatic rings. The number of sulfonamides is 1. The molecular weight excluding hydrogens is 826 g/mol. The number of thioether (sulfide) groups is 1. The van der Waals surface area contributed by atoms with Crippen molar-refractivity contribution in [2.45, 2.75) is 79.8 Å². The van der Waals surface area contributed by atoms with E-state index in [-0.39, 0.29) is 55.8 Å². The zero-order chi connectivity index (χ0) is 38.2. The van der Waals surface area contributed by atoms with Gasteiger partial charge in [0.1, 0.15) is 17.5 Å². The van der Waals surface area contributed by atoms with Gasteiger partial charge in [0.15, 0.2) is 0 Å². The van der Waals surface area contributed by atoms with E-state index in [1.165, 1.54) is 29.5 Å². The molecule has 1 saturated heterocycles. The maximum Gasteiger partial charge on any atom is 0.446 e. The molecule has 4 heterocycles. The highest BCUT2D eigenvalue weighted by atomic mass is 79.9. The minimum Gasteiger partial charge on any atom is -0.475 e. The molecule has 20 heteroatoms. The van der Waals surface area contributed by atoms with Gasteiger partial charge in [-0.2, -0.15) is 26.3 Å². The number of nitrogens with one attached hydrogen (secondary N) is 1. The molecule has 0 saturated carbocycles. The van der Waals surface area contributed by atoms with E-state index in [9.17, 15) is 44.3 Å². The fraction of sp³-hybridized carbons (Fsp3) is 0.438. The fourth-order valence-electron chi connectivity index (χ4n) is 6.55. The number of aromatic nitrogens is 1. The summed E-state index contributed by atoms with van der Waals surface area (Å²) in [6.45, 7) is 1.36. The highest BCUT2D eigenvalue weighted by molar-refractivity contribution is 9.11. The molecule has 52 heavy (non-hydrogen) atoms. The van der Waals surface area contributed by atoms with Crippen LogP contribution in [0.25, 0.3) is 0 Å². The second-order valence-electron chi connectivity index (χ2n) is 12.2. The average molecular weight is 858 g/mol. The van der Waals surface area contributed by atoms with Crippen molar-refractivity contribution >= 4 is 66.8 Å². The molecule has 5 rings (SSSR count). The molecule has 282 valence electrons. The number of rotatable bonds is 9. The molecule has 0 radical (unpaired) electrons. The summed E-state index contributed by atoms with van der Waals surface area (Å²) in [6, 6.07) is 5.51. The van der Waals surface area contributed by atoms with Crippen LogP contribution >= 0.6 is 39.0 Å². The summed E-state index contributed by atoms with van der Waals surface area (Å²) in [5.41, 5.74) is -8.42. The maximum absolute atomic E-state index is 15.3. The molecule has 0 unspecified atom stereocenters. The maximum atomic E-state index is 15.3. The molecule has 1 fully saturated rings. The number of alkyl halides is 6. The molecule has 3 atom stereocenters. The van der Waals surface area contributed by atoms with E-state index >= 15 is 4.79 Å². The number of pyridine rings is 1. The number of hydrogen-bond donors (Lipinski definition) is 1. The molecule has 2 aromatic heterocycles. The van der Waals surface area contributed by atoms with Gasteiger partial charge < -0.3 is 14.5 Å². The van der Waals surface area contributed by atoms with Gasteiger partial charge in [-0.1, -0.05) is 19.4 Å². The second kappa shape index (κ2) is 15.2. The Morgan fingerprint density at radius 3 is 2.50 bits per heavy atom. The van der Waals surface area contributed by atoms with Crippen LogP contribution in [0.2, 0.25) is 0 Å². The van der Waals surface area contributed by atoms with Crippen LogP contribution < -0.4 is 9.46 Å². The summed E-state index contributed by atoms with van der Waals surface area (Å²) < 4.78 is 116. The van der Waals surface area contributed by atoms with E-state index in [1.807, 2.05) is 4.72 Å². The largest absolute Gasteiger partial charge is 0.475 e. The number of carbonyl (C=O) groups is 3. The van der Waals surface area contributed by atoms with Gasteiger partial charge >= 0.3 is 11.7 Å². The topological polar surface area (TPSA) is 126 Å². The van der Waals surface area contributed by atoms with Gasteiger partial charge in [0.25, 0.3) is 17.7 Å². The van der Waals surface area contributed by atoms with Crippen molar-refractivity contribution in [3.05, 3.63) is 74.1 Å². The number of halogens is 7. The summed E-state index contributed by atoms with van der Waals surface area (Å²) in [4.78, 5) is 49.2. The van der Waals surface area contributed by atoms with E-state index in [4.69, 9.17) is 4.74 Å². The van der Waals surface area contributed by atoms with Crippen molar-refractivity contribution in [1.82, 2.24) is 19.5 Å². The lowest BCUT2D eigenvalue weighted by atomic mass is 9.79. The molecule has 1 aromatic carbocycles. The van der Waals surface area contributed by atoms with Crippen molar-refractivity contribution in [1.29, 1.82) is 0 Å². The smallest absolute Gasteiger partial charge is 0.446 e. The third-order valence-electron chi connectivity index (χ3n) is 8.52. The number of thiophene rings is 1. The number of likely N-dealkylation sites (tertiary alicyclic amines) is 1. The van der Waals surface area contributed by atoms with Crippen molar-refractivity contribution in [3.8, 4) is 5.75 Å². The third-order valence-corrected chi connectivity index (χ3v) is 11.5. The normalized spacial score (nSPS) is 21.0. The summed E-state index contributed by atoms with van der Waals surface area (Å²) >= 11 is 4.21. The zero-order valence-corrected chi connectivity index (χ0v) is 31.4. The van der Waals surface area contributed by atoms with E-state index in [2.05, 4.69) is 20.9 Å². The van der Waals surface area contributed by atoms with Crippen LogP contribution in [0.3, 0.4) is 0 Å². The van der Waals surface area contributed by atoms with Crippen molar-refractivity contribution in [3.63, 3.8) is 0 Å². The van der Waals surface area contributed by atoms with E-state index in [0.29, 0.717) is 20.3 Å². The summed E-state index contributed by atoms with van der Waals surface area (Å²) in [5.74, 6) is -3.30. The van der Waals surface area contributed by atoms with Gasteiger partial charge in [0, 0.05) is 35.4 Å². The third kappa shape index (κ3) is 8.87. The quantitative estimate of drug-likeness (QED) is 0.184. The van der Waals surface area contributed by atoms with Gasteiger partial charge in [-0.3, -0.25) is 24.1 Å². The molecular formula is C32H31BrF6N4O6S3. The minimum absolute atomic E-state index is 0.00723. The summed E-state index contributed by atoms with van der Waals surface area (Å²) in [7, 11) is -4.11. The van der Waals surface area contributed by atoms with Crippen molar-refractivity contribution in [2.75, 3.05) is 12.8 Å². The molecule has 2 aliphatic heterocycles. The lowest BCUT2D eigenvalue weighted by Gasteiger charge is -2.51. The SMILES string of the molecule is CCC[C@H]1N(C(=O)c2ncccc2C(F)(F)F)CCC[C@@]1(Oc1cccc(SC(F)(F)F)c1)C(=O)N1Cc2sc(Br)cc2C[C@H]1C(=O)NS(C)(=O)=O. The molecule has 0 spiro atoms. The zero-order valence-electron chi connectivity index (χ0n) is 27.4. The average Bonchev–Trinajstić information content (AvgIpc) is 3.41. The Morgan fingerprint density at radius 2 is 1.85 bits per heavy atom. The molecule has 10 nitrogen and oxygen atoms in total. The van der Waals surface area contributed by atoms with Gasteiger partial charge in [-0.25, -0.2) is 8.42 Å². The molecule has 0 bridgehead atoms. The first-order valence-electron chi connectivity index (χ1n) is 15.7. The Bertz CT molecular complexity index is 1960. The lowest BCUT2D eigenvalue weighted by molar-refractivity contribution is -0.165. The Balaban J connectivity index is 1.68. The number of ether oxygens (including phenoxy) is 1. The van der Waals surface area contributed by atoms with Crippen molar-refractivity contribution < 1.29 is 53.9 Å². The lowest BCUT2D eigenvalue weighted by Crippen LogP contribution is -2.70. The van der Waals surface area contributed by atoms with E-state index in [0.717, 1.165) is 34.4 Å². The van der Waals surface area contributed by atoms with Crippen LogP contribution in [0.4, 0.5) is 26.3 Å². The van der Waals surface area contributed by atoms with E-state index < -0.39 is 80.1 Å². The first-order chi connectivity index (χ1) is 24.2. The van der Waals surface area contributed by atoms with Gasteiger partial charge in [0.05, 0.1) is 28.2 Å². The number of piperidine rings is 1. The highest BCUT2D eigenvalue weighted by Gasteiger charge is 2.57. The Labute approximate surface area is 311 Å². The first-order valence-corrected chi connectivity index (χ1v) is 20.0. The van der Waals surface area contributed by atoms with Gasteiger partial charge in [0.2, 0.25) is 15.6 Å². The number of amides is 3. The second-order valence-corrected chi connectivity index (χ2v) is 17.6. The number of hydrogen-bond acceptors (Lipinski definition) is 9. The monoisotopic (exact) mass is 856 g/mol. The predicted molar refractivity (Wildman–Crippen MR) is 183 cm³/mol. The standard InChI is InChI=1S/C32H31BrF6N4O6S3/c1-3-7-24-30(49-19-8-4-9-20(16-19)51-32(37,38)39,11-6-13-42(24)28(45)26-21(31(34,35)36)10-5-12-40-26)29(46)43-17-23-18(15-25(33)50-23)14-22(43)27(44)41-52(2,47)48/h4-5,8-10,12,15-16,22,24H,3,6-7,11,13-14,17H2,1-2H3,(H,41,44)/t22-,24+,30-/m0/s1. The van der Waals surface area contributed by atoms with Crippen LogP contribution in [0.5, 0.6) is 5.75 Å². The highest BCUT2D eigenvalue weighted by Crippen LogP contribution is 2.44. The Hall–Kier alpha value is -3.36. The van der Waals surface area contributed by atoms with Gasteiger partial charge in [-0.15, -0.1) is 11.3 Å². The number of fused-ring (bicyclic) bond motifs is 1. The van der Waals surface area contributed by atoms with Crippen molar-refractivity contribution in [2.24, 2.45) is 0 Å². The number of carbonyl (C=O) groups excluding carboxylic acids is 3. The number of benzene rings is 1. The van der Waals surface area contributed by atoms with Crippen LogP contribution in [-0.4, -0.2) is 76.9 Å². The molecule has 1 N–H and O–H groups in total. The van der Waals surface area contributed by atoms with Gasteiger partial charge in [-0.05, 0) is 82.5 Å². The Morgan fingerprint density at radius 1 is 1.12 bits per heavy atom.